The molecule has 178 valence electrons. The summed E-state index contributed by atoms with van der Waals surface area (Å²) in [6.45, 7) is -0.547. The molecule has 0 bridgehead atoms. The Bertz CT molecular complexity index is 1150. The highest BCUT2D eigenvalue weighted by molar-refractivity contribution is 5.79. The number of alkyl halides is 3. The van der Waals surface area contributed by atoms with Crippen molar-refractivity contribution in [1.82, 2.24) is 5.32 Å². The fourth-order valence-corrected chi connectivity index (χ4v) is 4.15. The van der Waals surface area contributed by atoms with Gasteiger partial charge in [0.15, 0.2) is 0 Å². The molecule has 3 aromatic carbocycles. The number of alkyl carbamates (subject to hydrolysis) is 1. The Labute approximate surface area is 192 Å². The first-order valence-electron chi connectivity index (χ1n) is 10.5. The smallest absolute Gasteiger partial charge is 0.419 e. The number of halogens is 4. The quantitative estimate of drug-likeness (QED) is 0.449. The number of hydrogen-bond donors (Lipinski definition) is 3. The van der Waals surface area contributed by atoms with Crippen molar-refractivity contribution in [3.8, 4) is 11.1 Å². The van der Waals surface area contributed by atoms with Crippen molar-refractivity contribution in [3.05, 3.63) is 94.8 Å². The Morgan fingerprint density at radius 3 is 2.12 bits per heavy atom. The van der Waals surface area contributed by atoms with Crippen molar-refractivity contribution < 1.29 is 37.3 Å². The van der Waals surface area contributed by atoms with Crippen LogP contribution in [0.5, 0.6) is 0 Å². The molecule has 4 rings (SSSR count). The van der Waals surface area contributed by atoms with Gasteiger partial charge in [-0.25, -0.2) is 9.18 Å². The van der Waals surface area contributed by atoms with E-state index in [1.807, 2.05) is 48.5 Å². The molecule has 2 unspecified atom stereocenters. The average Bonchev–Trinajstić information content (AvgIpc) is 3.14. The predicted molar refractivity (Wildman–Crippen MR) is 115 cm³/mol. The zero-order chi connectivity index (χ0) is 24.5. The minimum absolute atomic E-state index is 0.0146. The molecule has 0 aliphatic heterocycles. The molecule has 3 N–H and O–H groups in total. The van der Waals surface area contributed by atoms with Gasteiger partial charge in [0.1, 0.15) is 24.6 Å². The number of nitrogens with one attached hydrogen (secondary N) is 1. The van der Waals surface area contributed by atoms with Crippen LogP contribution in [0.25, 0.3) is 11.1 Å². The number of hydrogen-bond acceptors (Lipinski definition) is 4. The molecule has 0 aromatic heterocycles. The van der Waals surface area contributed by atoms with E-state index in [0.717, 1.165) is 34.4 Å². The summed E-state index contributed by atoms with van der Waals surface area (Å²) in [5, 5.41) is 22.5. The number of ether oxygens (including phenoxy) is 1. The first kappa shape index (κ1) is 23.7. The summed E-state index contributed by atoms with van der Waals surface area (Å²) >= 11 is 0. The third-order valence-corrected chi connectivity index (χ3v) is 5.82. The zero-order valence-corrected chi connectivity index (χ0v) is 17.7. The molecule has 34 heavy (non-hydrogen) atoms. The summed E-state index contributed by atoms with van der Waals surface area (Å²) in [7, 11) is 0. The second-order valence-corrected chi connectivity index (χ2v) is 7.93. The molecular weight excluding hydrogens is 454 g/mol. The molecule has 1 aliphatic carbocycles. The van der Waals surface area contributed by atoms with E-state index >= 15 is 0 Å². The molecule has 0 saturated heterocycles. The Morgan fingerprint density at radius 1 is 0.941 bits per heavy atom. The van der Waals surface area contributed by atoms with Gasteiger partial charge in [-0.3, -0.25) is 0 Å². The lowest BCUT2D eigenvalue weighted by atomic mass is 9.98. The van der Waals surface area contributed by atoms with Crippen LogP contribution in [0.2, 0.25) is 0 Å². The van der Waals surface area contributed by atoms with Crippen molar-refractivity contribution in [2.24, 2.45) is 0 Å². The molecule has 1 aliphatic rings. The van der Waals surface area contributed by atoms with Crippen molar-refractivity contribution in [1.29, 1.82) is 0 Å². The number of rotatable bonds is 6. The molecule has 5 nitrogen and oxygen atoms in total. The van der Waals surface area contributed by atoms with Crippen LogP contribution in [0, 0.1) is 5.82 Å². The van der Waals surface area contributed by atoms with Crippen LogP contribution < -0.4 is 5.32 Å². The standard InChI is InChI=1S/C25H21F4NO4/c26-22-18(10-5-11-20(22)25(27,28)29)23(32)21(31)12-30-24(33)34-13-19-16-8-3-1-6-14(16)15-7-2-4-9-17(15)19/h1-11,19,21,23,31-32H,12-13H2,(H,30,33). The van der Waals surface area contributed by atoms with Crippen molar-refractivity contribution in [3.63, 3.8) is 0 Å². The normalized spacial score (nSPS) is 14.8. The molecule has 0 fully saturated rings. The lowest BCUT2D eigenvalue weighted by Crippen LogP contribution is -2.36. The molecule has 0 radical (unpaired) electrons. The third kappa shape index (κ3) is 4.62. The largest absolute Gasteiger partial charge is 0.449 e. The van der Waals surface area contributed by atoms with Gasteiger partial charge in [0.25, 0.3) is 0 Å². The van der Waals surface area contributed by atoms with Crippen molar-refractivity contribution in [2.45, 2.75) is 24.3 Å². The van der Waals surface area contributed by atoms with Gasteiger partial charge >= 0.3 is 12.3 Å². The Balaban J connectivity index is 1.36. The average molecular weight is 475 g/mol. The van der Waals surface area contributed by atoms with Gasteiger partial charge in [-0.15, -0.1) is 0 Å². The third-order valence-electron chi connectivity index (χ3n) is 5.82. The van der Waals surface area contributed by atoms with Gasteiger partial charge in [-0.05, 0) is 28.3 Å². The number of fused-ring (bicyclic) bond motifs is 3. The van der Waals surface area contributed by atoms with Crippen LogP contribution >= 0.6 is 0 Å². The van der Waals surface area contributed by atoms with E-state index in [4.69, 9.17) is 4.74 Å². The Hall–Kier alpha value is -3.43. The topological polar surface area (TPSA) is 78.8 Å². The number of carbonyl (C=O) groups excluding carboxylic acids is 1. The highest BCUT2D eigenvalue weighted by atomic mass is 19.4. The van der Waals surface area contributed by atoms with Crippen LogP contribution in [0.4, 0.5) is 22.4 Å². The maximum Gasteiger partial charge on any atom is 0.419 e. The number of amides is 1. The minimum atomic E-state index is -4.95. The number of carbonyl (C=O) groups is 1. The second kappa shape index (κ2) is 9.44. The lowest BCUT2D eigenvalue weighted by Gasteiger charge is -2.21. The molecule has 2 atom stereocenters. The predicted octanol–water partition coefficient (Wildman–Crippen LogP) is 4.78. The van der Waals surface area contributed by atoms with Crippen LogP contribution in [0.1, 0.15) is 34.3 Å². The van der Waals surface area contributed by atoms with E-state index in [9.17, 15) is 32.6 Å². The minimum Gasteiger partial charge on any atom is -0.449 e. The SMILES string of the molecule is O=C(NCC(O)C(O)c1cccc(C(F)(F)F)c1F)OCC1c2ccccc2-c2ccccc21. The Morgan fingerprint density at radius 2 is 1.53 bits per heavy atom. The summed E-state index contributed by atoms with van der Waals surface area (Å²) in [5.41, 5.74) is 1.83. The van der Waals surface area contributed by atoms with E-state index in [0.29, 0.717) is 6.07 Å². The monoisotopic (exact) mass is 475 g/mol. The lowest BCUT2D eigenvalue weighted by molar-refractivity contribution is -0.140. The van der Waals surface area contributed by atoms with Gasteiger partial charge in [0, 0.05) is 18.0 Å². The van der Waals surface area contributed by atoms with E-state index in [1.54, 1.807) is 0 Å². The fraction of sp³-hybridized carbons (Fsp3) is 0.240. The van der Waals surface area contributed by atoms with Crippen LogP contribution in [0.3, 0.4) is 0 Å². The first-order valence-corrected chi connectivity index (χ1v) is 10.5. The summed E-state index contributed by atoms with van der Waals surface area (Å²) in [6, 6.07) is 17.9. The zero-order valence-electron chi connectivity index (χ0n) is 17.7. The van der Waals surface area contributed by atoms with Gasteiger partial charge in [-0.1, -0.05) is 60.7 Å². The maximum absolute atomic E-state index is 14.2. The molecule has 1 amide bonds. The van der Waals surface area contributed by atoms with Gasteiger partial charge in [0.2, 0.25) is 0 Å². The van der Waals surface area contributed by atoms with Crippen molar-refractivity contribution in [2.75, 3.05) is 13.2 Å². The first-order chi connectivity index (χ1) is 16.2. The van der Waals surface area contributed by atoms with Gasteiger partial charge in [-0.2, -0.15) is 13.2 Å². The van der Waals surface area contributed by atoms with Gasteiger partial charge < -0.3 is 20.3 Å². The number of aliphatic hydroxyl groups excluding tert-OH is 2. The van der Waals surface area contributed by atoms with E-state index in [2.05, 4.69) is 5.32 Å². The molecule has 0 heterocycles. The second-order valence-electron chi connectivity index (χ2n) is 7.93. The number of aliphatic hydroxyl groups is 2. The van der Waals surface area contributed by atoms with Gasteiger partial charge in [0.05, 0.1) is 5.56 Å². The molecule has 0 spiro atoms. The maximum atomic E-state index is 14.2. The van der Waals surface area contributed by atoms with Crippen LogP contribution in [-0.2, 0) is 10.9 Å². The molecule has 3 aromatic rings. The van der Waals surface area contributed by atoms with E-state index < -0.39 is 48.0 Å². The fourth-order valence-electron chi connectivity index (χ4n) is 4.15. The summed E-state index contributed by atoms with van der Waals surface area (Å²) < 4.78 is 58.2. The summed E-state index contributed by atoms with van der Waals surface area (Å²) in [6.07, 6.45) is -9.60. The Kier molecular flexibility index (Phi) is 6.58. The highest BCUT2D eigenvalue weighted by Gasteiger charge is 2.36. The summed E-state index contributed by atoms with van der Waals surface area (Å²) in [4.78, 5) is 12.2. The van der Waals surface area contributed by atoms with E-state index in [1.165, 1.54) is 0 Å². The molecular formula is C25H21F4NO4. The summed E-state index contributed by atoms with van der Waals surface area (Å²) in [5.74, 6) is -1.87. The number of benzene rings is 3. The molecule has 0 saturated carbocycles. The van der Waals surface area contributed by atoms with Crippen LogP contribution in [-0.4, -0.2) is 35.6 Å². The van der Waals surface area contributed by atoms with Crippen LogP contribution in [0.15, 0.2) is 66.7 Å². The molecule has 9 heteroatoms. The van der Waals surface area contributed by atoms with Crippen molar-refractivity contribution >= 4 is 6.09 Å². The van der Waals surface area contributed by atoms with E-state index in [-0.39, 0.29) is 12.5 Å². The highest BCUT2D eigenvalue weighted by Crippen LogP contribution is 2.44.